The van der Waals surface area contributed by atoms with Crippen molar-refractivity contribution < 1.29 is 27.9 Å². The average Bonchev–Trinajstić information content (AvgIpc) is 3.53. The first-order valence-corrected chi connectivity index (χ1v) is 13.8. The molecule has 0 bridgehead atoms. The Labute approximate surface area is 216 Å². The topological polar surface area (TPSA) is 113 Å². The molecule has 0 radical (unpaired) electrons. The molecule has 8 nitrogen and oxygen atoms in total. The molecule has 1 heterocycles. The molecule has 36 heavy (non-hydrogen) atoms. The van der Waals surface area contributed by atoms with Crippen LogP contribution < -0.4 is 4.72 Å². The van der Waals surface area contributed by atoms with E-state index in [1.54, 1.807) is 49.9 Å². The molecule has 0 aromatic heterocycles. The monoisotopic (exact) mass is 534 g/mol. The second-order valence-corrected chi connectivity index (χ2v) is 12.6. The molecule has 1 aliphatic heterocycles. The number of hydrogen-bond acceptors (Lipinski definition) is 5. The van der Waals surface area contributed by atoms with Gasteiger partial charge in [0.1, 0.15) is 11.1 Å². The highest BCUT2D eigenvalue weighted by atomic mass is 35.5. The Morgan fingerprint density at radius 3 is 2.06 bits per heavy atom. The van der Waals surface area contributed by atoms with Gasteiger partial charge >= 0.3 is 12.1 Å². The number of carbonyl (C=O) groups excluding carboxylic acids is 1. The van der Waals surface area contributed by atoms with Gasteiger partial charge in [0.05, 0.1) is 4.90 Å². The summed E-state index contributed by atoms with van der Waals surface area (Å²) in [6.07, 6.45) is 1.03. The van der Waals surface area contributed by atoms with Gasteiger partial charge in [0.2, 0.25) is 10.0 Å². The van der Waals surface area contributed by atoms with Gasteiger partial charge in [-0.1, -0.05) is 35.9 Å². The summed E-state index contributed by atoms with van der Waals surface area (Å²) < 4.78 is 34.2. The number of nitrogens with zero attached hydrogens (tertiary/aromatic N) is 1. The quantitative estimate of drug-likeness (QED) is 0.551. The minimum Gasteiger partial charge on any atom is -0.480 e. The van der Waals surface area contributed by atoms with E-state index in [0.29, 0.717) is 31.0 Å². The minimum atomic E-state index is -4.06. The van der Waals surface area contributed by atoms with Gasteiger partial charge in [0.15, 0.2) is 0 Å². The van der Waals surface area contributed by atoms with Crippen LogP contribution in [0.25, 0.3) is 11.1 Å². The standard InChI is InChI=1S/C26H31ClN2O6S/c1-25(2,3)35-24(32)29-14-12-19(13-15-29)22-16-26(22,23(30)31)28-36(33,34)21-10-6-18(7-11-21)17-4-8-20(27)9-5-17/h4-11,19,22,28H,12-16H2,1-3H3,(H,30,31)/t22?,26-/m0/s1. The third kappa shape index (κ3) is 5.68. The van der Waals surface area contributed by atoms with Gasteiger partial charge in [0, 0.05) is 18.1 Å². The molecule has 0 spiro atoms. The van der Waals surface area contributed by atoms with Crippen molar-refractivity contribution in [1.82, 2.24) is 9.62 Å². The van der Waals surface area contributed by atoms with Gasteiger partial charge in [0.25, 0.3) is 0 Å². The van der Waals surface area contributed by atoms with Crippen LogP contribution in [0.1, 0.15) is 40.0 Å². The number of aliphatic carboxylic acids is 1. The molecule has 1 unspecified atom stereocenters. The van der Waals surface area contributed by atoms with E-state index in [4.69, 9.17) is 16.3 Å². The van der Waals surface area contributed by atoms with Crippen LogP contribution in [0.4, 0.5) is 4.79 Å². The van der Waals surface area contributed by atoms with E-state index in [9.17, 15) is 23.1 Å². The Hall–Kier alpha value is -2.62. The van der Waals surface area contributed by atoms with Crippen LogP contribution >= 0.6 is 11.6 Å². The highest BCUT2D eigenvalue weighted by Crippen LogP contribution is 2.52. The predicted octanol–water partition coefficient (Wildman–Crippen LogP) is 4.78. The second-order valence-electron chi connectivity index (χ2n) is 10.5. The van der Waals surface area contributed by atoms with Crippen molar-refractivity contribution in [3.8, 4) is 11.1 Å². The number of ether oxygens (including phenoxy) is 1. The van der Waals surface area contributed by atoms with E-state index >= 15 is 0 Å². The molecule has 1 saturated heterocycles. The van der Waals surface area contributed by atoms with Crippen LogP contribution in [-0.2, 0) is 19.6 Å². The van der Waals surface area contributed by atoms with Crippen molar-refractivity contribution in [3.63, 3.8) is 0 Å². The van der Waals surface area contributed by atoms with E-state index in [2.05, 4.69) is 4.72 Å². The lowest BCUT2D eigenvalue weighted by molar-refractivity contribution is -0.140. The summed E-state index contributed by atoms with van der Waals surface area (Å²) in [6.45, 7) is 6.32. The number of rotatable bonds is 6. The molecule has 2 N–H and O–H groups in total. The maximum absolute atomic E-state index is 13.1. The van der Waals surface area contributed by atoms with Gasteiger partial charge in [-0.15, -0.1) is 0 Å². The number of hydrogen-bond donors (Lipinski definition) is 2. The molecular formula is C26H31ClN2O6S. The molecule has 2 atom stereocenters. The first-order valence-electron chi connectivity index (χ1n) is 11.9. The molecule has 1 saturated carbocycles. The fourth-order valence-corrected chi connectivity index (χ4v) is 6.38. The number of carboxylic acids is 1. The second kappa shape index (κ2) is 9.68. The summed E-state index contributed by atoms with van der Waals surface area (Å²) in [4.78, 5) is 26.2. The third-order valence-corrected chi connectivity index (χ3v) is 8.59. The first kappa shape index (κ1) is 26.4. The molecule has 2 fully saturated rings. The Bertz CT molecular complexity index is 1230. The van der Waals surface area contributed by atoms with Gasteiger partial charge < -0.3 is 14.7 Å². The first-order chi connectivity index (χ1) is 16.8. The van der Waals surface area contributed by atoms with Crippen LogP contribution in [0.15, 0.2) is 53.4 Å². The number of halogens is 1. The summed E-state index contributed by atoms with van der Waals surface area (Å²) in [7, 11) is -4.06. The maximum atomic E-state index is 13.1. The number of sulfonamides is 1. The summed E-state index contributed by atoms with van der Waals surface area (Å²) in [5.74, 6) is -1.52. The van der Waals surface area contributed by atoms with Crippen molar-refractivity contribution in [2.75, 3.05) is 13.1 Å². The Morgan fingerprint density at radius 1 is 1.03 bits per heavy atom. The molecule has 1 aliphatic carbocycles. The fraction of sp³-hybridized carbons (Fsp3) is 0.462. The normalized spacial score (nSPS) is 22.8. The number of amides is 1. The fourth-order valence-electron chi connectivity index (χ4n) is 4.84. The Kier molecular flexibility index (Phi) is 7.11. The summed E-state index contributed by atoms with van der Waals surface area (Å²) in [5.41, 5.74) is -0.418. The molecule has 4 rings (SSSR count). The number of likely N-dealkylation sites (tertiary alicyclic amines) is 1. The highest BCUT2D eigenvalue weighted by Gasteiger charge is 2.65. The Morgan fingerprint density at radius 2 is 1.56 bits per heavy atom. The SMILES string of the molecule is CC(C)(C)OC(=O)N1CCC(C2C[C@@]2(NS(=O)(=O)c2ccc(-c3ccc(Cl)cc3)cc2)C(=O)O)CC1. The molecule has 1 amide bonds. The highest BCUT2D eigenvalue weighted by molar-refractivity contribution is 7.89. The van der Waals surface area contributed by atoms with Crippen LogP contribution in [0, 0.1) is 11.8 Å². The van der Waals surface area contributed by atoms with Crippen molar-refractivity contribution in [1.29, 1.82) is 0 Å². The summed E-state index contributed by atoms with van der Waals surface area (Å²) in [5, 5.41) is 10.6. The lowest BCUT2D eigenvalue weighted by Gasteiger charge is -2.34. The maximum Gasteiger partial charge on any atom is 0.410 e. The zero-order valence-electron chi connectivity index (χ0n) is 20.5. The zero-order valence-corrected chi connectivity index (χ0v) is 22.1. The van der Waals surface area contributed by atoms with E-state index in [0.717, 1.165) is 11.1 Å². The van der Waals surface area contributed by atoms with E-state index < -0.39 is 27.1 Å². The van der Waals surface area contributed by atoms with Crippen molar-refractivity contribution in [2.45, 2.75) is 56.1 Å². The summed E-state index contributed by atoms with van der Waals surface area (Å²) in [6, 6.07) is 13.5. The Balaban J connectivity index is 1.42. The molecule has 10 heteroatoms. The molecular weight excluding hydrogens is 504 g/mol. The average molecular weight is 535 g/mol. The number of carboxylic acid groups (broad SMARTS) is 1. The third-order valence-electron chi connectivity index (χ3n) is 6.82. The van der Waals surface area contributed by atoms with Crippen molar-refractivity contribution in [2.24, 2.45) is 11.8 Å². The summed E-state index contributed by atoms with van der Waals surface area (Å²) >= 11 is 5.93. The van der Waals surface area contributed by atoms with Crippen LogP contribution in [0.2, 0.25) is 5.02 Å². The predicted molar refractivity (Wildman–Crippen MR) is 136 cm³/mol. The van der Waals surface area contributed by atoms with Gasteiger partial charge in [-0.3, -0.25) is 4.79 Å². The van der Waals surface area contributed by atoms with E-state index in [1.165, 1.54) is 12.1 Å². The number of piperidine rings is 1. The van der Waals surface area contributed by atoms with Gasteiger partial charge in [-0.05, 0) is 87.3 Å². The lowest BCUT2D eigenvalue weighted by atomic mass is 9.90. The number of nitrogens with one attached hydrogen (secondary N) is 1. The van der Waals surface area contributed by atoms with Crippen LogP contribution in [0.3, 0.4) is 0 Å². The molecule has 2 aromatic rings. The van der Waals surface area contributed by atoms with E-state index in [-0.39, 0.29) is 29.2 Å². The van der Waals surface area contributed by atoms with Gasteiger partial charge in [-0.2, -0.15) is 4.72 Å². The largest absolute Gasteiger partial charge is 0.480 e. The van der Waals surface area contributed by atoms with Crippen LogP contribution in [0.5, 0.6) is 0 Å². The van der Waals surface area contributed by atoms with Crippen molar-refractivity contribution >= 4 is 33.7 Å². The number of carbonyl (C=O) groups is 2. The minimum absolute atomic E-state index is 0.00484. The van der Waals surface area contributed by atoms with Gasteiger partial charge in [-0.25, -0.2) is 13.2 Å². The van der Waals surface area contributed by atoms with Crippen LogP contribution in [-0.4, -0.2) is 54.7 Å². The number of benzene rings is 2. The smallest absolute Gasteiger partial charge is 0.410 e. The zero-order chi connectivity index (χ0) is 26.3. The lowest BCUT2D eigenvalue weighted by Crippen LogP contribution is -2.47. The van der Waals surface area contributed by atoms with E-state index in [1.807, 2.05) is 12.1 Å². The van der Waals surface area contributed by atoms with Crippen molar-refractivity contribution in [3.05, 3.63) is 53.6 Å². The molecule has 2 aromatic carbocycles. The molecule has 194 valence electrons. The molecule has 2 aliphatic rings.